The summed E-state index contributed by atoms with van der Waals surface area (Å²) in [4.78, 5) is 11.6. The van der Waals surface area contributed by atoms with Crippen molar-refractivity contribution in [2.75, 3.05) is 11.5 Å². The van der Waals surface area contributed by atoms with E-state index >= 15 is 0 Å². The van der Waals surface area contributed by atoms with Crippen molar-refractivity contribution in [2.45, 2.75) is 11.8 Å². The molecule has 0 unspecified atom stereocenters. The van der Waals surface area contributed by atoms with Gasteiger partial charge in [0.1, 0.15) is 0 Å². The van der Waals surface area contributed by atoms with E-state index in [4.69, 9.17) is 11.5 Å². The zero-order chi connectivity index (χ0) is 9.84. The number of carbonyl (C=O) groups is 1. The number of primary amides is 1. The number of carbonyl (C=O) groups excluding carboxylic acids is 1. The van der Waals surface area contributed by atoms with E-state index in [0.717, 1.165) is 16.1 Å². The Morgan fingerprint density at radius 3 is 2.85 bits per heavy atom. The largest absolute Gasteiger partial charge is 0.398 e. The maximum atomic E-state index is 10.5. The van der Waals surface area contributed by atoms with Crippen molar-refractivity contribution < 1.29 is 4.79 Å². The molecule has 0 aliphatic carbocycles. The smallest absolute Gasteiger partial charge is 0.227 e. The molecule has 1 rings (SSSR count). The van der Waals surface area contributed by atoms with E-state index in [1.54, 1.807) is 0 Å². The lowest BCUT2D eigenvalue weighted by Crippen LogP contribution is -2.13. The molecule has 1 aromatic carbocycles. The van der Waals surface area contributed by atoms with Gasteiger partial charge in [-0.3, -0.25) is 4.79 Å². The lowest BCUT2D eigenvalue weighted by Gasteiger charge is -2.05. The van der Waals surface area contributed by atoms with Crippen LogP contribution in [0.1, 0.15) is 5.56 Å². The van der Waals surface area contributed by atoms with Crippen LogP contribution in [0.25, 0.3) is 0 Å². The Bertz CT molecular complexity index is 325. The molecule has 4 heteroatoms. The highest BCUT2D eigenvalue weighted by Gasteiger charge is 2.03. The molecule has 0 saturated carbocycles. The summed E-state index contributed by atoms with van der Waals surface area (Å²) in [6.45, 7) is 1.93. The van der Waals surface area contributed by atoms with Gasteiger partial charge in [-0.15, -0.1) is 11.8 Å². The molecule has 4 N–H and O–H groups in total. The van der Waals surface area contributed by atoms with Crippen LogP contribution in [-0.2, 0) is 4.79 Å². The highest BCUT2D eigenvalue weighted by Crippen LogP contribution is 2.25. The second-order valence-corrected chi connectivity index (χ2v) is 3.74. The molecule has 0 bridgehead atoms. The van der Waals surface area contributed by atoms with Gasteiger partial charge in [-0.25, -0.2) is 0 Å². The van der Waals surface area contributed by atoms with E-state index in [1.807, 2.05) is 25.1 Å². The Balaban J connectivity index is 2.77. The van der Waals surface area contributed by atoms with Gasteiger partial charge in [-0.2, -0.15) is 0 Å². The summed E-state index contributed by atoms with van der Waals surface area (Å²) in [5.41, 5.74) is 12.5. The molecule has 0 aliphatic heterocycles. The van der Waals surface area contributed by atoms with Crippen LogP contribution in [0.4, 0.5) is 5.69 Å². The minimum atomic E-state index is -0.313. The fourth-order valence-electron chi connectivity index (χ4n) is 0.937. The fraction of sp³-hybridized carbons (Fsp3) is 0.222. The molecule has 0 aliphatic rings. The average Bonchev–Trinajstić information content (AvgIpc) is 2.07. The van der Waals surface area contributed by atoms with Crippen LogP contribution in [0, 0.1) is 6.92 Å². The molecule has 3 nitrogen and oxygen atoms in total. The van der Waals surface area contributed by atoms with E-state index in [2.05, 4.69) is 0 Å². The first-order valence-corrected chi connectivity index (χ1v) is 4.86. The van der Waals surface area contributed by atoms with E-state index in [1.165, 1.54) is 11.8 Å². The lowest BCUT2D eigenvalue weighted by atomic mass is 10.2. The molecule has 70 valence electrons. The van der Waals surface area contributed by atoms with Crippen molar-refractivity contribution in [3.63, 3.8) is 0 Å². The summed E-state index contributed by atoms with van der Waals surface area (Å²) in [5, 5.41) is 0. The molecule has 0 saturated heterocycles. The van der Waals surface area contributed by atoms with Crippen LogP contribution in [-0.4, -0.2) is 11.7 Å². The molecule has 0 radical (unpaired) electrons. The van der Waals surface area contributed by atoms with Gasteiger partial charge in [0.05, 0.1) is 5.75 Å². The molecule has 13 heavy (non-hydrogen) atoms. The predicted molar refractivity (Wildman–Crippen MR) is 55.5 cm³/mol. The predicted octanol–water partition coefficient (Wildman–Crippen LogP) is 1.15. The lowest BCUT2D eigenvalue weighted by molar-refractivity contribution is -0.115. The summed E-state index contributed by atoms with van der Waals surface area (Å²) < 4.78 is 0. The van der Waals surface area contributed by atoms with Crippen molar-refractivity contribution in [1.29, 1.82) is 0 Å². The van der Waals surface area contributed by atoms with Gasteiger partial charge in [-0.05, 0) is 24.6 Å². The van der Waals surface area contributed by atoms with E-state index in [9.17, 15) is 4.79 Å². The molecule has 1 amide bonds. The van der Waals surface area contributed by atoms with Crippen LogP contribution in [0.2, 0.25) is 0 Å². The minimum absolute atomic E-state index is 0.296. The maximum absolute atomic E-state index is 10.5. The van der Waals surface area contributed by atoms with Crippen LogP contribution in [0.5, 0.6) is 0 Å². The summed E-state index contributed by atoms with van der Waals surface area (Å²) >= 11 is 1.41. The quantitative estimate of drug-likeness (QED) is 0.563. The molecule has 0 heterocycles. The SMILES string of the molecule is Cc1c(N)cccc1SCC(N)=O. The number of anilines is 1. The van der Waals surface area contributed by atoms with Crippen LogP contribution < -0.4 is 11.5 Å². The molecular formula is C9H12N2OS. The van der Waals surface area contributed by atoms with Crippen LogP contribution >= 0.6 is 11.8 Å². The first kappa shape index (κ1) is 9.92. The Labute approximate surface area is 81.5 Å². The van der Waals surface area contributed by atoms with Gasteiger partial charge in [0.25, 0.3) is 0 Å². The molecule has 0 spiro atoms. The third-order valence-corrected chi connectivity index (χ3v) is 2.88. The van der Waals surface area contributed by atoms with Crippen molar-refractivity contribution in [3.8, 4) is 0 Å². The first-order valence-electron chi connectivity index (χ1n) is 3.87. The Morgan fingerprint density at radius 1 is 1.54 bits per heavy atom. The highest BCUT2D eigenvalue weighted by molar-refractivity contribution is 8.00. The third-order valence-electron chi connectivity index (χ3n) is 1.70. The summed E-state index contributed by atoms with van der Waals surface area (Å²) in [5.74, 6) is -0.0172. The molecule has 1 aromatic rings. The maximum Gasteiger partial charge on any atom is 0.227 e. The van der Waals surface area contributed by atoms with Crippen molar-refractivity contribution in [1.82, 2.24) is 0 Å². The number of thioether (sulfide) groups is 1. The summed E-state index contributed by atoms with van der Waals surface area (Å²) in [6, 6.07) is 5.63. The van der Waals surface area contributed by atoms with Gasteiger partial charge in [0.15, 0.2) is 0 Å². The zero-order valence-electron chi connectivity index (χ0n) is 7.41. The number of nitrogens with two attached hydrogens (primary N) is 2. The molecule has 0 fully saturated rings. The molecule has 0 atom stereocenters. The van der Waals surface area contributed by atoms with E-state index < -0.39 is 0 Å². The molecular weight excluding hydrogens is 184 g/mol. The summed E-state index contributed by atoms with van der Waals surface area (Å²) in [7, 11) is 0. The fourth-order valence-corrected chi connectivity index (χ4v) is 1.74. The number of hydrogen-bond acceptors (Lipinski definition) is 3. The van der Waals surface area contributed by atoms with Crippen molar-refractivity contribution >= 4 is 23.4 Å². The van der Waals surface area contributed by atoms with Gasteiger partial charge in [-0.1, -0.05) is 6.07 Å². The summed E-state index contributed by atoms with van der Waals surface area (Å²) in [6.07, 6.45) is 0. The third kappa shape index (κ3) is 2.66. The Hall–Kier alpha value is -1.16. The van der Waals surface area contributed by atoms with Gasteiger partial charge in [0, 0.05) is 10.6 Å². The standard InChI is InChI=1S/C9H12N2OS/c1-6-7(10)3-2-4-8(6)13-5-9(11)12/h2-4H,5,10H2,1H3,(H2,11,12). The minimum Gasteiger partial charge on any atom is -0.398 e. The second-order valence-electron chi connectivity index (χ2n) is 2.73. The van der Waals surface area contributed by atoms with E-state index in [-0.39, 0.29) is 5.91 Å². The topological polar surface area (TPSA) is 69.1 Å². The number of hydrogen-bond donors (Lipinski definition) is 2. The van der Waals surface area contributed by atoms with Crippen LogP contribution in [0.15, 0.2) is 23.1 Å². The Morgan fingerprint density at radius 2 is 2.23 bits per heavy atom. The van der Waals surface area contributed by atoms with Gasteiger partial charge < -0.3 is 11.5 Å². The van der Waals surface area contributed by atoms with Crippen molar-refractivity contribution in [2.24, 2.45) is 5.73 Å². The van der Waals surface area contributed by atoms with Gasteiger partial charge >= 0.3 is 0 Å². The highest BCUT2D eigenvalue weighted by atomic mass is 32.2. The van der Waals surface area contributed by atoms with Crippen LogP contribution in [0.3, 0.4) is 0 Å². The van der Waals surface area contributed by atoms with E-state index in [0.29, 0.717) is 5.75 Å². The average molecular weight is 196 g/mol. The zero-order valence-corrected chi connectivity index (χ0v) is 8.23. The number of amides is 1. The first-order chi connectivity index (χ1) is 6.11. The number of rotatable bonds is 3. The number of benzene rings is 1. The molecule has 0 aromatic heterocycles. The second kappa shape index (κ2) is 4.18. The monoisotopic (exact) mass is 196 g/mol. The normalized spacial score (nSPS) is 9.92. The van der Waals surface area contributed by atoms with Gasteiger partial charge in [0.2, 0.25) is 5.91 Å². The Kier molecular flexibility index (Phi) is 3.19. The van der Waals surface area contributed by atoms with Crippen molar-refractivity contribution in [3.05, 3.63) is 23.8 Å². The number of nitrogen functional groups attached to an aromatic ring is 1.